The van der Waals surface area contributed by atoms with E-state index in [0.717, 1.165) is 11.1 Å². The minimum Gasteiger partial charge on any atom is -0.488 e. The highest BCUT2D eigenvalue weighted by Gasteiger charge is 2.31. The molecule has 0 bridgehead atoms. The maximum absolute atomic E-state index is 13.6. The molecule has 1 aromatic heterocycles. The molecule has 8 heteroatoms. The van der Waals surface area contributed by atoms with E-state index in [1.165, 1.54) is 0 Å². The number of nitrogens with zero attached hydrogens (tertiary/aromatic N) is 2. The van der Waals surface area contributed by atoms with Gasteiger partial charge in [0.1, 0.15) is 18.0 Å². The highest BCUT2D eigenvalue weighted by Crippen LogP contribution is 2.38. The van der Waals surface area contributed by atoms with Crippen molar-refractivity contribution in [3.8, 4) is 22.9 Å². The monoisotopic (exact) mass is 551 g/mol. The molecular formula is C33H33N3O5. The van der Waals surface area contributed by atoms with Gasteiger partial charge in [0.2, 0.25) is 5.88 Å². The molecule has 0 atom stereocenters. The number of aromatic nitrogens is 1. The van der Waals surface area contributed by atoms with Crippen molar-refractivity contribution < 1.29 is 23.8 Å². The molecule has 41 heavy (non-hydrogen) atoms. The highest BCUT2D eigenvalue weighted by atomic mass is 16.6. The lowest BCUT2D eigenvalue weighted by molar-refractivity contribution is 0.0580. The first-order valence-electron chi connectivity index (χ1n) is 13.6. The number of hydrogen-bond donors (Lipinski definition) is 1. The number of amides is 2. The number of rotatable bonds is 8. The summed E-state index contributed by atoms with van der Waals surface area (Å²) < 4.78 is 17.5. The minimum atomic E-state index is -0.708. The van der Waals surface area contributed by atoms with Crippen LogP contribution < -0.4 is 19.7 Å². The fourth-order valence-corrected chi connectivity index (χ4v) is 4.50. The summed E-state index contributed by atoms with van der Waals surface area (Å²) in [5.41, 5.74) is 3.75. The van der Waals surface area contributed by atoms with Crippen LogP contribution in [0.2, 0.25) is 0 Å². The number of ether oxygens (including phenoxy) is 3. The maximum Gasteiger partial charge on any atom is 0.414 e. The molecule has 0 saturated heterocycles. The van der Waals surface area contributed by atoms with E-state index in [4.69, 9.17) is 19.2 Å². The topological polar surface area (TPSA) is 90.0 Å². The number of fused-ring (bicyclic) bond motifs is 1. The first kappa shape index (κ1) is 27.7. The molecular weight excluding hydrogens is 518 g/mol. The molecule has 1 aliphatic heterocycles. The van der Waals surface area contributed by atoms with Gasteiger partial charge in [0.15, 0.2) is 0 Å². The van der Waals surface area contributed by atoms with E-state index >= 15 is 0 Å². The second kappa shape index (κ2) is 12.1. The largest absolute Gasteiger partial charge is 0.488 e. The fourth-order valence-electron chi connectivity index (χ4n) is 4.50. The van der Waals surface area contributed by atoms with E-state index in [-0.39, 0.29) is 12.4 Å². The fraction of sp³-hybridized carbons (Fsp3) is 0.242. The van der Waals surface area contributed by atoms with Crippen LogP contribution in [0.25, 0.3) is 11.3 Å². The van der Waals surface area contributed by atoms with E-state index in [1.807, 2.05) is 112 Å². The van der Waals surface area contributed by atoms with E-state index in [2.05, 4.69) is 5.32 Å². The van der Waals surface area contributed by atoms with Crippen molar-refractivity contribution in [1.82, 2.24) is 10.3 Å². The van der Waals surface area contributed by atoms with Gasteiger partial charge in [0.25, 0.3) is 0 Å². The summed E-state index contributed by atoms with van der Waals surface area (Å²) in [4.78, 5) is 32.1. The Morgan fingerprint density at radius 3 is 2.32 bits per heavy atom. The summed E-state index contributed by atoms with van der Waals surface area (Å²) in [7, 11) is 0. The van der Waals surface area contributed by atoms with Crippen molar-refractivity contribution in [3.63, 3.8) is 0 Å². The van der Waals surface area contributed by atoms with Crippen LogP contribution >= 0.6 is 0 Å². The molecule has 8 nitrogen and oxygen atoms in total. The molecule has 0 unspecified atom stereocenters. The summed E-state index contributed by atoms with van der Waals surface area (Å²) in [6, 6.07) is 29.2. The van der Waals surface area contributed by atoms with Crippen molar-refractivity contribution in [3.05, 3.63) is 108 Å². The average Bonchev–Trinajstić information content (AvgIpc) is 2.96. The smallest absolute Gasteiger partial charge is 0.414 e. The molecule has 210 valence electrons. The van der Waals surface area contributed by atoms with Crippen molar-refractivity contribution >= 4 is 17.9 Å². The minimum absolute atomic E-state index is 0.146. The number of carbonyl (C=O) groups excluding carboxylic acids is 2. The van der Waals surface area contributed by atoms with Crippen LogP contribution in [0.1, 0.15) is 37.5 Å². The summed E-state index contributed by atoms with van der Waals surface area (Å²) in [5, 5.41) is 2.70. The Balaban J connectivity index is 1.56. The second-order valence-corrected chi connectivity index (χ2v) is 10.7. The first-order chi connectivity index (χ1) is 19.8. The van der Waals surface area contributed by atoms with Gasteiger partial charge in [-0.25, -0.2) is 14.6 Å². The summed E-state index contributed by atoms with van der Waals surface area (Å²) in [6.45, 7) is 6.37. The van der Waals surface area contributed by atoms with Crippen LogP contribution in [0.4, 0.5) is 15.3 Å². The Morgan fingerprint density at radius 2 is 1.61 bits per heavy atom. The number of hydrogen-bond acceptors (Lipinski definition) is 6. The van der Waals surface area contributed by atoms with Gasteiger partial charge in [-0.3, -0.25) is 4.90 Å². The maximum atomic E-state index is 13.6. The third kappa shape index (κ3) is 7.03. The number of pyridine rings is 1. The zero-order valence-corrected chi connectivity index (χ0v) is 23.4. The average molecular weight is 552 g/mol. The SMILES string of the molecule is CC(C)(C)OC(=O)N(CCc1ccccc1)c1cc(-c2ccccc2OCc2ccccc2)nc2c1CNC(=O)O2. The molecule has 0 spiro atoms. The molecule has 4 aromatic rings. The standard InChI is InChI=1S/C33H33N3O5/c1-33(2,3)41-32(38)36(19-18-23-12-6-4-7-13-23)28-20-27(35-30-26(28)21-34-31(37)40-30)25-16-10-11-17-29(25)39-22-24-14-8-5-9-15-24/h4-17,20H,18-19,21-22H2,1-3H3,(H,34,37). The Kier molecular flexibility index (Phi) is 8.19. The van der Waals surface area contributed by atoms with E-state index in [1.54, 1.807) is 4.90 Å². The molecule has 3 aromatic carbocycles. The van der Waals surface area contributed by atoms with Crippen LogP contribution in [0, 0.1) is 0 Å². The third-order valence-corrected chi connectivity index (χ3v) is 6.43. The van der Waals surface area contributed by atoms with Gasteiger partial charge in [0, 0.05) is 12.1 Å². The molecule has 2 amide bonds. The second-order valence-electron chi connectivity index (χ2n) is 10.7. The molecule has 0 aliphatic carbocycles. The number of para-hydroxylation sites is 1. The van der Waals surface area contributed by atoms with E-state index < -0.39 is 17.8 Å². The quantitative estimate of drug-likeness (QED) is 0.256. The zero-order chi connectivity index (χ0) is 28.8. The molecule has 2 heterocycles. The Morgan fingerprint density at radius 1 is 0.951 bits per heavy atom. The van der Waals surface area contributed by atoms with Crippen LogP contribution in [0.5, 0.6) is 11.6 Å². The van der Waals surface area contributed by atoms with E-state index in [0.29, 0.717) is 47.8 Å². The van der Waals surface area contributed by atoms with Gasteiger partial charge in [-0.15, -0.1) is 0 Å². The van der Waals surface area contributed by atoms with E-state index in [9.17, 15) is 9.59 Å². The van der Waals surface area contributed by atoms with Crippen LogP contribution in [0.3, 0.4) is 0 Å². The summed E-state index contributed by atoms with van der Waals surface area (Å²) >= 11 is 0. The predicted molar refractivity (Wildman–Crippen MR) is 157 cm³/mol. The Labute approximate surface area is 239 Å². The van der Waals surface area contributed by atoms with Crippen molar-refractivity contribution in [2.24, 2.45) is 0 Å². The number of benzene rings is 3. The third-order valence-electron chi connectivity index (χ3n) is 6.43. The van der Waals surface area contributed by atoms with Crippen LogP contribution in [0.15, 0.2) is 91.0 Å². The van der Waals surface area contributed by atoms with Crippen molar-refractivity contribution in [2.45, 2.75) is 45.9 Å². The van der Waals surface area contributed by atoms with Crippen molar-refractivity contribution in [1.29, 1.82) is 0 Å². The lowest BCUT2D eigenvalue weighted by Crippen LogP contribution is -2.40. The van der Waals surface area contributed by atoms with Gasteiger partial charge < -0.3 is 19.5 Å². The molecule has 1 aliphatic rings. The Bertz CT molecular complexity index is 1520. The summed E-state index contributed by atoms with van der Waals surface area (Å²) in [6.07, 6.45) is -0.510. The molecule has 0 saturated carbocycles. The first-order valence-corrected chi connectivity index (χ1v) is 13.6. The molecule has 1 N–H and O–H groups in total. The van der Waals surface area contributed by atoms with Crippen LogP contribution in [-0.2, 0) is 24.3 Å². The number of nitrogens with one attached hydrogen (secondary N) is 1. The molecule has 0 radical (unpaired) electrons. The van der Waals surface area contributed by atoms with Gasteiger partial charge in [0.05, 0.1) is 23.5 Å². The number of carbonyl (C=O) groups is 2. The van der Waals surface area contributed by atoms with Crippen LogP contribution in [-0.4, -0.2) is 29.3 Å². The normalized spacial score (nSPS) is 12.5. The lowest BCUT2D eigenvalue weighted by atomic mass is 10.1. The van der Waals surface area contributed by atoms with Gasteiger partial charge in [-0.1, -0.05) is 72.8 Å². The number of anilines is 1. The predicted octanol–water partition coefficient (Wildman–Crippen LogP) is 6.91. The van der Waals surface area contributed by atoms with Crippen molar-refractivity contribution in [2.75, 3.05) is 11.4 Å². The molecule has 5 rings (SSSR count). The highest BCUT2D eigenvalue weighted by molar-refractivity contribution is 5.91. The van der Waals surface area contributed by atoms with Gasteiger partial charge in [-0.2, -0.15) is 0 Å². The lowest BCUT2D eigenvalue weighted by Gasteiger charge is -2.30. The molecule has 0 fully saturated rings. The van der Waals surface area contributed by atoms with Gasteiger partial charge in [-0.05, 0) is 56.5 Å². The Hall–Kier alpha value is -4.85. The summed E-state index contributed by atoms with van der Waals surface area (Å²) in [5.74, 6) is 0.760. The van der Waals surface area contributed by atoms with Gasteiger partial charge >= 0.3 is 12.2 Å². The zero-order valence-electron chi connectivity index (χ0n) is 23.4.